The summed E-state index contributed by atoms with van der Waals surface area (Å²) in [4.78, 5) is 33.0. The zero-order valence-electron chi connectivity index (χ0n) is 17.9. The number of fused-ring (bicyclic) bond motifs is 1. The quantitative estimate of drug-likeness (QED) is 0.646. The van der Waals surface area contributed by atoms with Crippen molar-refractivity contribution >= 4 is 11.8 Å². The molecule has 5 rings (SSSR count). The fraction of sp³-hybridized carbons (Fsp3) is 0.500. The highest BCUT2D eigenvalue weighted by Crippen LogP contribution is 2.52. The summed E-state index contributed by atoms with van der Waals surface area (Å²) < 4.78 is 11.6. The molecule has 2 bridgehead atoms. The molecule has 3 fully saturated rings. The molecule has 0 aromatic heterocycles. The molecule has 164 valence electrons. The zero-order chi connectivity index (χ0) is 21.6. The van der Waals surface area contributed by atoms with Crippen LogP contribution in [0.15, 0.2) is 49.1 Å². The van der Waals surface area contributed by atoms with Crippen LogP contribution < -0.4 is 4.74 Å². The molecule has 0 aliphatic carbocycles. The van der Waals surface area contributed by atoms with E-state index in [1.54, 1.807) is 7.11 Å². The Labute approximate surface area is 182 Å². The lowest BCUT2D eigenvalue weighted by atomic mass is 9.76. The number of rotatable bonds is 6. The van der Waals surface area contributed by atoms with Crippen LogP contribution in [0.5, 0.6) is 5.75 Å². The number of benzene rings is 1. The van der Waals surface area contributed by atoms with Crippen molar-refractivity contribution in [3.05, 3.63) is 54.6 Å². The van der Waals surface area contributed by atoms with E-state index < -0.39 is 17.4 Å². The van der Waals surface area contributed by atoms with Crippen LogP contribution in [0.25, 0.3) is 0 Å². The summed E-state index contributed by atoms with van der Waals surface area (Å²) in [5, 5.41) is 0. The number of carbonyl (C=O) groups excluding carboxylic acids is 2. The normalized spacial score (nSPS) is 31.9. The second-order valence-corrected chi connectivity index (χ2v) is 8.86. The van der Waals surface area contributed by atoms with Gasteiger partial charge in [-0.3, -0.25) is 14.5 Å². The Kier molecular flexibility index (Phi) is 5.10. The van der Waals surface area contributed by atoms with Crippen molar-refractivity contribution < 1.29 is 19.1 Å². The second kappa shape index (κ2) is 7.80. The average molecular weight is 424 g/mol. The first-order valence-corrected chi connectivity index (χ1v) is 11.0. The van der Waals surface area contributed by atoms with Crippen molar-refractivity contribution in [2.45, 2.75) is 18.2 Å². The molecule has 7 heteroatoms. The first-order chi connectivity index (χ1) is 15.0. The van der Waals surface area contributed by atoms with Crippen molar-refractivity contribution in [1.82, 2.24) is 14.7 Å². The van der Waals surface area contributed by atoms with Crippen molar-refractivity contribution in [1.29, 1.82) is 0 Å². The number of hydrogen-bond donors (Lipinski definition) is 0. The van der Waals surface area contributed by atoms with E-state index in [-0.39, 0.29) is 17.9 Å². The average Bonchev–Trinajstić information content (AvgIpc) is 3.42. The molecule has 31 heavy (non-hydrogen) atoms. The third-order valence-electron chi connectivity index (χ3n) is 7.04. The van der Waals surface area contributed by atoms with Gasteiger partial charge in [0.2, 0.25) is 11.8 Å². The highest BCUT2D eigenvalue weighted by molar-refractivity contribution is 5.93. The molecule has 4 atom stereocenters. The fourth-order valence-corrected chi connectivity index (χ4v) is 5.53. The number of piperazine rings is 1. The van der Waals surface area contributed by atoms with Crippen LogP contribution in [0.3, 0.4) is 0 Å². The lowest BCUT2D eigenvalue weighted by molar-refractivity contribution is -0.144. The van der Waals surface area contributed by atoms with Crippen LogP contribution in [0.1, 0.15) is 5.56 Å². The van der Waals surface area contributed by atoms with Crippen molar-refractivity contribution in [2.75, 3.05) is 46.4 Å². The maximum Gasteiger partial charge on any atom is 0.230 e. The van der Waals surface area contributed by atoms with Crippen LogP contribution in [0.2, 0.25) is 0 Å². The van der Waals surface area contributed by atoms with Gasteiger partial charge in [-0.25, -0.2) is 0 Å². The van der Waals surface area contributed by atoms with E-state index in [4.69, 9.17) is 9.47 Å². The first kappa shape index (κ1) is 20.3. The minimum Gasteiger partial charge on any atom is -0.497 e. The van der Waals surface area contributed by atoms with Crippen LogP contribution in [0, 0.1) is 11.8 Å². The molecule has 0 saturated carbocycles. The molecular weight excluding hydrogens is 394 g/mol. The first-order valence-electron chi connectivity index (χ1n) is 11.0. The van der Waals surface area contributed by atoms with E-state index in [9.17, 15) is 9.59 Å². The summed E-state index contributed by atoms with van der Waals surface area (Å²) in [5.74, 6) is -0.0387. The molecular formula is C24H29N3O4. The number of hydrogen-bond acceptors (Lipinski definition) is 5. The van der Waals surface area contributed by atoms with Gasteiger partial charge in [-0.05, 0) is 17.7 Å². The summed E-state index contributed by atoms with van der Waals surface area (Å²) in [7, 11) is 1.63. The largest absolute Gasteiger partial charge is 0.497 e. The number of amides is 2. The fourth-order valence-electron chi connectivity index (χ4n) is 5.53. The zero-order valence-corrected chi connectivity index (χ0v) is 17.9. The molecule has 2 amide bonds. The Hall–Kier alpha value is -2.64. The molecule has 4 aliphatic rings. The second-order valence-electron chi connectivity index (χ2n) is 8.86. The maximum atomic E-state index is 13.5. The molecule has 1 aromatic rings. The van der Waals surface area contributed by atoms with E-state index in [2.05, 4.69) is 11.5 Å². The number of carbonyl (C=O) groups is 2. The maximum absolute atomic E-state index is 13.5. The topological polar surface area (TPSA) is 62.3 Å². The molecule has 0 N–H and O–H groups in total. The molecule has 4 aliphatic heterocycles. The Morgan fingerprint density at radius 3 is 2.87 bits per heavy atom. The molecule has 7 nitrogen and oxygen atoms in total. The van der Waals surface area contributed by atoms with Crippen LogP contribution in [-0.4, -0.2) is 84.6 Å². The van der Waals surface area contributed by atoms with Gasteiger partial charge in [0, 0.05) is 39.3 Å². The Balaban J connectivity index is 1.32. The number of methoxy groups -OCH3 is 1. The van der Waals surface area contributed by atoms with Gasteiger partial charge >= 0.3 is 0 Å². The number of ether oxygens (including phenoxy) is 2. The minimum atomic E-state index is -0.675. The summed E-state index contributed by atoms with van der Waals surface area (Å²) in [5.41, 5.74) is 0.329. The third kappa shape index (κ3) is 3.36. The highest BCUT2D eigenvalue weighted by atomic mass is 16.5. The van der Waals surface area contributed by atoms with Crippen LogP contribution in [0.4, 0.5) is 0 Å². The van der Waals surface area contributed by atoms with Crippen molar-refractivity contribution in [3.8, 4) is 5.75 Å². The SMILES string of the molecule is C=CCN1CCN(C(=O)[C@@H]2[C@@H]3C=C[C@@]4(CN(Cc5cccc(OC)c5)C(=O)[C@@H]24)O3)CC1. The van der Waals surface area contributed by atoms with E-state index in [1.165, 1.54) is 0 Å². The van der Waals surface area contributed by atoms with Gasteiger partial charge in [-0.1, -0.05) is 30.4 Å². The van der Waals surface area contributed by atoms with Crippen LogP contribution >= 0.6 is 0 Å². The van der Waals surface area contributed by atoms with E-state index in [0.29, 0.717) is 26.2 Å². The Bertz CT molecular complexity index is 923. The van der Waals surface area contributed by atoms with Gasteiger partial charge in [0.15, 0.2) is 0 Å². The van der Waals surface area contributed by atoms with Crippen LogP contribution in [-0.2, 0) is 20.9 Å². The smallest absolute Gasteiger partial charge is 0.230 e. The molecule has 1 spiro atoms. The predicted octanol–water partition coefficient (Wildman–Crippen LogP) is 1.31. The summed E-state index contributed by atoms with van der Waals surface area (Å²) >= 11 is 0. The summed E-state index contributed by atoms with van der Waals surface area (Å²) in [6.07, 6.45) is 5.59. The van der Waals surface area contributed by atoms with Gasteiger partial charge < -0.3 is 19.3 Å². The Morgan fingerprint density at radius 2 is 2.13 bits per heavy atom. The van der Waals surface area contributed by atoms with Gasteiger partial charge in [-0.15, -0.1) is 6.58 Å². The van der Waals surface area contributed by atoms with Gasteiger partial charge in [-0.2, -0.15) is 0 Å². The minimum absolute atomic E-state index is 0.0123. The lowest BCUT2D eigenvalue weighted by Gasteiger charge is -2.37. The van der Waals surface area contributed by atoms with E-state index in [0.717, 1.165) is 30.9 Å². The molecule has 4 heterocycles. The Morgan fingerprint density at radius 1 is 1.32 bits per heavy atom. The molecule has 1 aromatic carbocycles. The summed E-state index contributed by atoms with van der Waals surface area (Å²) in [6.45, 7) is 8.62. The van der Waals surface area contributed by atoms with Crippen molar-refractivity contribution in [3.63, 3.8) is 0 Å². The monoisotopic (exact) mass is 423 g/mol. The highest BCUT2D eigenvalue weighted by Gasteiger charge is 2.67. The van der Waals surface area contributed by atoms with Gasteiger partial charge in [0.25, 0.3) is 0 Å². The molecule has 0 radical (unpaired) electrons. The van der Waals surface area contributed by atoms with Gasteiger partial charge in [0.05, 0.1) is 31.6 Å². The van der Waals surface area contributed by atoms with E-state index in [1.807, 2.05) is 52.3 Å². The molecule has 3 saturated heterocycles. The van der Waals surface area contributed by atoms with E-state index >= 15 is 0 Å². The number of likely N-dealkylation sites (tertiary alicyclic amines) is 1. The number of nitrogens with zero attached hydrogens (tertiary/aromatic N) is 3. The van der Waals surface area contributed by atoms with Gasteiger partial charge in [0.1, 0.15) is 11.4 Å². The molecule has 0 unspecified atom stereocenters. The van der Waals surface area contributed by atoms with Crippen molar-refractivity contribution in [2.24, 2.45) is 11.8 Å². The lowest BCUT2D eigenvalue weighted by Crippen LogP contribution is -2.53. The standard InChI is InChI=1S/C24H29N3O4/c1-3-9-25-10-12-26(13-11-25)22(28)20-19-7-8-24(31-19)16-27(23(29)21(20)24)15-17-5-4-6-18(14-17)30-2/h3-8,14,19-21H,1,9-13,15-16H2,2H3/t19-,20+,21+,24-/m0/s1. The predicted molar refractivity (Wildman–Crippen MR) is 115 cm³/mol. The summed E-state index contributed by atoms with van der Waals surface area (Å²) in [6, 6.07) is 7.74. The third-order valence-corrected chi connectivity index (χ3v) is 7.04.